The van der Waals surface area contributed by atoms with E-state index in [0.717, 1.165) is 0 Å². The minimum absolute atomic E-state index is 0.220. The summed E-state index contributed by atoms with van der Waals surface area (Å²) in [6.07, 6.45) is 2.56. The first kappa shape index (κ1) is 12.3. The third kappa shape index (κ3) is 3.40. The number of hydrogen-bond donors (Lipinski definition) is 1. The van der Waals surface area contributed by atoms with Crippen LogP contribution in [0.1, 0.15) is 12.5 Å². The SMILES string of the molecule is COc1ccc(C(=[C]CO)OC(C)=O)cc1. The van der Waals surface area contributed by atoms with E-state index in [9.17, 15) is 4.79 Å². The highest BCUT2D eigenvalue weighted by Crippen LogP contribution is 2.19. The van der Waals surface area contributed by atoms with Gasteiger partial charge in [-0.25, -0.2) is 0 Å². The highest BCUT2D eigenvalue weighted by Gasteiger charge is 2.06. The second-order valence-corrected chi connectivity index (χ2v) is 2.99. The number of methoxy groups -OCH3 is 1. The molecule has 0 bridgehead atoms. The van der Waals surface area contributed by atoms with E-state index in [4.69, 9.17) is 14.6 Å². The van der Waals surface area contributed by atoms with E-state index >= 15 is 0 Å². The Balaban J connectivity index is 2.93. The van der Waals surface area contributed by atoms with Crippen molar-refractivity contribution in [2.75, 3.05) is 13.7 Å². The topological polar surface area (TPSA) is 55.8 Å². The van der Waals surface area contributed by atoms with Crippen molar-refractivity contribution in [1.82, 2.24) is 0 Å². The van der Waals surface area contributed by atoms with E-state index in [2.05, 4.69) is 6.08 Å². The molecule has 16 heavy (non-hydrogen) atoms. The van der Waals surface area contributed by atoms with Gasteiger partial charge >= 0.3 is 5.97 Å². The first-order valence-corrected chi connectivity index (χ1v) is 4.72. The fourth-order valence-electron chi connectivity index (χ4n) is 1.15. The molecule has 0 aliphatic carbocycles. The molecule has 0 spiro atoms. The first-order valence-electron chi connectivity index (χ1n) is 4.72. The number of carbonyl (C=O) groups is 1. The third-order valence-corrected chi connectivity index (χ3v) is 1.84. The van der Waals surface area contributed by atoms with Crippen molar-refractivity contribution < 1.29 is 19.4 Å². The summed E-state index contributed by atoms with van der Waals surface area (Å²) in [4.78, 5) is 10.8. The molecular weight excluding hydrogens is 208 g/mol. The second-order valence-electron chi connectivity index (χ2n) is 2.99. The van der Waals surface area contributed by atoms with Crippen LogP contribution in [0.3, 0.4) is 0 Å². The lowest BCUT2D eigenvalue weighted by molar-refractivity contribution is -0.134. The van der Waals surface area contributed by atoms with Crippen LogP contribution in [0.2, 0.25) is 0 Å². The van der Waals surface area contributed by atoms with Gasteiger partial charge in [-0.3, -0.25) is 4.79 Å². The molecule has 0 saturated heterocycles. The van der Waals surface area contributed by atoms with Crippen molar-refractivity contribution in [3.05, 3.63) is 35.9 Å². The molecule has 4 heteroatoms. The molecule has 0 aromatic heterocycles. The van der Waals surface area contributed by atoms with Crippen molar-refractivity contribution in [2.45, 2.75) is 6.92 Å². The molecule has 0 amide bonds. The molecule has 0 aliphatic heterocycles. The molecule has 1 aromatic rings. The Kier molecular flexibility index (Phi) is 4.54. The van der Waals surface area contributed by atoms with Gasteiger partial charge in [-0.15, -0.1) is 0 Å². The standard InChI is InChI=1S/C12H13O4/c1-9(14)16-12(7-8-13)10-3-5-11(15-2)6-4-10/h3-6,13H,8H2,1-2H3. The van der Waals surface area contributed by atoms with Gasteiger partial charge in [0.1, 0.15) is 11.5 Å². The number of hydrogen-bond acceptors (Lipinski definition) is 4. The lowest BCUT2D eigenvalue weighted by Crippen LogP contribution is -2.00. The summed E-state index contributed by atoms with van der Waals surface area (Å²) in [7, 11) is 1.57. The van der Waals surface area contributed by atoms with Crippen LogP contribution < -0.4 is 4.74 Å². The minimum Gasteiger partial charge on any atom is -0.497 e. The molecule has 0 aliphatic rings. The first-order chi connectivity index (χ1) is 7.67. The highest BCUT2D eigenvalue weighted by molar-refractivity contribution is 5.75. The Labute approximate surface area is 94.1 Å². The number of benzene rings is 1. The van der Waals surface area contributed by atoms with Gasteiger partial charge in [0, 0.05) is 18.6 Å². The Hall–Kier alpha value is -1.81. The molecule has 1 aromatic carbocycles. The van der Waals surface area contributed by atoms with E-state index in [1.165, 1.54) is 6.92 Å². The van der Waals surface area contributed by atoms with E-state index in [-0.39, 0.29) is 12.4 Å². The largest absolute Gasteiger partial charge is 0.497 e. The lowest BCUT2D eigenvalue weighted by Gasteiger charge is -2.07. The molecule has 0 unspecified atom stereocenters. The molecule has 85 valence electrons. The normalized spacial score (nSPS) is 11.1. The lowest BCUT2D eigenvalue weighted by atomic mass is 10.1. The molecule has 1 N–H and O–H groups in total. The zero-order chi connectivity index (χ0) is 12.0. The number of carbonyl (C=O) groups excluding carboxylic acids is 1. The maximum absolute atomic E-state index is 10.8. The van der Waals surface area contributed by atoms with Crippen molar-refractivity contribution in [2.24, 2.45) is 0 Å². The van der Waals surface area contributed by atoms with Gasteiger partial charge < -0.3 is 14.6 Å². The van der Waals surface area contributed by atoms with E-state index < -0.39 is 5.97 Å². The zero-order valence-electron chi connectivity index (χ0n) is 9.19. The number of esters is 1. The predicted octanol–water partition coefficient (Wildman–Crippen LogP) is 1.39. The third-order valence-electron chi connectivity index (χ3n) is 1.84. The van der Waals surface area contributed by atoms with Crippen LogP contribution in [0.4, 0.5) is 0 Å². The molecule has 0 heterocycles. The summed E-state index contributed by atoms with van der Waals surface area (Å²) in [5.74, 6) is 0.472. The van der Waals surface area contributed by atoms with Crippen LogP contribution in [0.15, 0.2) is 24.3 Å². The maximum atomic E-state index is 10.8. The van der Waals surface area contributed by atoms with Gasteiger partial charge in [0.2, 0.25) is 0 Å². The van der Waals surface area contributed by atoms with Gasteiger partial charge in [-0.05, 0) is 24.3 Å². The van der Waals surface area contributed by atoms with Crippen molar-refractivity contribution >= 4 is 11.7 Å². The maximum Gasteiger partial charge on any atom is 0.308 e. The highest BCUT2D eigenvalue weighted by atomic mass is 16.5. The van der Waals surface area contributed by atoms with Crippen molar-refractivity contribution in [3.8, 4) is 5.75 Å². The number of rotatable bonds is 4. The van der Waals surface area contributed by atoms with Crippen LogP contribution in [-0.4, -0.2) is 24.8 Å². The molecule has 0 fully saturated rings. The number of ether oxygens (including phenoxy) is 2. The van der Waals surface area contributed by atoms with Crippen LogP contribution >= 0.6 is 0 Å². The van der Waals surface area contributed by atoms with Gasteiger partial charge in [0.05, 0.1) is 13.7 Å². The molecule has 1 radical (unpaired) electrons. The second kappa shape index (κ2) is 5.92. The van der Waals surface area contributed by atoms with E-state index in [1.807, 2.05) is 0 Å². The molecule has 0 saturated carbocycles. The predicted molar refractivity (Wildman–Crippen MR) is 58.5 cm³/mol. The monoisotopic (exact) mass is 221 g/mol. The minimum atomic E-state index is -0.452. The molecule has 4 nitrogen and oxygen atoms in total. The summed E-state index contributed by atoms with van der Waals surface area (Å²) >= 11 is 0. The number of aliphatic hydroxyl groups excluding tert-OH is 1. The summed E-state index contributed by atoms with van der Waals surface area (Å²) < 4.78 is 9.92. The molecular formula is C12H13O4. The quantitative estimate of drug-likeness (QED) is 0.616. The van der Waals surface area contributed by atoms with E-state index in [1.54, 1.807) is 31.4 Å². The summed E-state index contributed by atoms with van der Waals surface area (Å²) in [5.41, 5.74) is 0.657. The molecule has 0 atom stereocenters. The van der Waals surface area contributed by atoms with Gasteiger partial charge in [-0.2, -0.15) is 0 Å². The fourth-order valence-corrected chi connectivity index (χ4v) is 1.15. The van der Waals surface area contributed by atoms with Gasteiger partial charge in [0.25, 0.3) is 0 Å². The fraction of sp³-hybridized carbons (Fsp3) is 0.250. The van der Waals surface area contributed by atoms with Crippen LogP contribution in [0.5, 0.6) is 5.75 Å². The van der Waals surface area contributed by atoms with E-state index in [0.29, 0.717) is 11.3 Å². The number of aliphatic hydroxyl groups is 1. The Bertz CT molecular complexity index is 379. The van der Waals surface area contributed by atoms with Crippen LogP contribution in [0, 0.1) is 6.08 Å². The molecule has 1 rings (SSSR count). The summed E-state index contributed by atoms with van der Waals surface area (Å²) in [6, 6.07) is 6.91. The Morgan fingerprint density at radius 2 is 2.00 bits per heavy atom. The summed E-state index contributed by atoms with van der Waals surface area (Å²) in [6.45, 7) is 0.983. The average molecular weight is 221 g/mol. The zero-order valence-corrected chi connectivity index (χ0v) is 9.19. The van der Waals surface area contributed by atoms with Crippen LogP contribution in [-0.2, 0) is 9.53 Å². The van der Waals surface area contributed by atoms with Crippen molar-refractivity contribution in [3.63, 3.8) is 0 Å². The Morgan fingerprint density at radius 3 is 2.44 bits per heavy atom. The van der Waals surface area contributed by atoms with Gasteiger partial charge in [-0.1, -0.05) is 0 Å². The summed E-state index contributed by atoms with van der Waals surface area (Å²) in [5, 5.41) is 8.76. The van der Waals surface area contributed by atoms with Crippen molar-refractivity contribution in [1.29, 1.82) is 0 Å². The smallest absolute Gasteiger partial charge is 0.308 e. The Morgan fingerprint density at radius 1 is 1.38 bits per heavy atom. The van der Waals surface area contributed by atoms with Crippen LogP contribution in [0.25, 0.3) is 5.76 Å². The average Bonchev–Trinajstić information content (AvgIpc) is 2.28. The van der Waals surface area contributed by atoms with Gasteiger partial charge in [0.15, 0.2) is 0 Å².